The van der Waals surface area contributed by atoms with Crippen molar-refractivity contribution in [1.82, 2.24) is 30.0 Å². The van der Waals surface area contributed by atoms with Gasteiger partial charge in [-0.3, -0.25) is 5.10 Å². The van der Waals surface area contributed by atoms with Gasteiger partial charge in [-0.1, -0.05) is 24.3 Å². The van der Waals surface area contributed by atoms with E-state index in [1.807, 2.05) is 47.8 Å². The molecule has 3 N–H and O–H groups in total. The van der Waals surface area contributed by atoms with Gasteiger partial charge in [-0.2, -0.15) is 20.1 Å². The summed E-state index contributed by atoms with van der Waals surface area (Å²) >= 11 is 1.66. The molecule has 1 saturated heterocycles. The van der Waals surface area contributed by atoms with Crippen LogP contribution in [0.4, 0.5) is 29.4 Å². The first-order valence-corrected chi connectivity index (χ1v) is 11.0. The smallest absolute Gasteiger partial charge is 0.235 e. The lowest BCUT2D eigenvalue weighted by Gasteiger charge is -2.32. The fourth-order valence-electron chi connectivity index (χ4n) is 3.33. The van der Waals surface area contributed by atoms with E-state index < -0.39 is 0 Å². The van der Waals surface area contributed by atoms with Crippen LogP contribution >= 0.6 is 11.3 Å². The molecule has 0 saturated carbocycles. The highest BCUT2D eigenvalue weighted by molar-refractivity contribution is 7.13. The van der Waals surface area contributed by atoms with Crippen molar-refractivity contribution in [2.45, 2.75) is 0 Å². The van der Waals surface area contributed by atoms with E-state index in [-0.39, 0.29) is 0 Å². The minimum atomic E-state index is 0.451. The maximum Gasteiger partial charge on any atom is 0.235 e. The van der Waals surface area contributed by atoms with E-state index in [0.29, 0.717) is 23.7 Å². The summed E-state index contributed by atoms with van der Waals surface area (Å²) in [4.78, 5) is 19.5. The predicted molar refractivity (Wildman–Crippen MR) is 124 cm³/mol. The molecule has 1 aromatic carbocycles. The minimum absolute atomic E-state index is 0.451. The summed E-state index contributed by atoms with van der Waals surface area (Å²) in [5.74, 6) is 2.25. The Morgan fingerprint density at radius 1 is 0.903 bits per heavy atom. The summed E-state index contributed by atoms with van der Waals surface area (Å²) in [6.45, 7) is 3.68. The largest absolute Gasteiger partial charge is 0.338 e. The molecule has 0 spiro atoms. The Kier molecular flexibility index (Phi) is 5.46. The van der Waals surface area contributed by atoms with Crippen LogP contribution in [0.2, 0.25) is 0 Å². The highest BCUT2D eigenvalue weighted by Gasteiger charge is 2.19. The van der Waals surface area contributed by atoms with Gasteiger partial charge >= 0.3 is 0 Å². The number of rotatable bonds is 6. The number of benzene rings is 1. The third-order valence-electron chi connectivity index (χ3n) is 5.04. The Morgan fingerprint density at radius 3 is 2.42 bits per heavy atom. The number of piperazine rings is 1. The molecule has 0 radical (unpaired) electrons. The summed E-state index contributed by atoms with van der Waals surface area (Å²) in [6.07, 6.45) is 0. The van der Waals surface area contributed by atoms with Crippen molar-refractivity contribution in [3.05, 3.63) is 53.9 Å². The maximum absolute atomic E-state index is 4.67. The lowest BCUT2D eigenvalue weighted by Crippen LogP contribution is -2.45. The van der Waals surface area contributed by atoms with Crippen molar-refractivity contribution in [3.63, 3.8) is 0 Å². The number of aromatic nitrogens is 5. The van der Waals surface area contributed by atoms with Crippen molar-refractivity contribution >= 4 is 40.7 Å². The van der Waals surface area contributed by atoms with Gasteiger partial charge in [0.2, 0.25) is 17.8 Å². The van der Waals surface area contributed by atoms with Gasteiger partial charge in [0.25, 0.3) is 0 Å². The van der Waals surface area contributed by atoms with Gasteiger partial charge in [0.15, 0.2) is 5.82 Å². The molecule has 9 nitrogen and oxygen atoms in total. The van der Waals surface area contributed by atoms with Gasteiger partial charge < -0.3 is 20.4 Å². The van der Waals surface area contributed by atoms with E-state index in [1.165, 1.54) is 0 Å². The number of thiophene rings is 1. The SMILES string of the molecule is CN1CCN(c2nc(Nc3ccccc3)nc(Nc3cc(-c4cccs4)[nH]n3)n2)CC1. The van der Waals surface area contributed by atoms with Crippen LogP contribution in [0.5, 0.6) is 0 Å². The topological polar surface area (TPSA) is 97.9 Å². The average Bonchev–Trinajstić information content (AvgIpc) is 3.47. The molecule has 1 aliphatic rings. The first-order valence-electron chi connectivity index (χ1n) is 10.1. The van der Waals surface area contributed by atoms with Crippen LogP contribution in [0.15, 0.2) is 53.9 Å². The van der Waals surface area contributed by atoms with E-state index in [1.54, 1.807) is 11.3 Å². The monoisotopic (exact) mass is 433 g/mol. The van der Waals surface area contributed by atoms with Crippen LogP contribution in [0.25, 0.3) is 10.6 Å². The van der Waals surface area contributed by atoms with Gasteiger partial charge in [-0.25, -0.2) is 0 Å². The van der Waals surface area contributed by atoms with Crippen molar-refractivity contribution in [1.29, 1.82) is 0 Å². The highest BCUT2D eigenvalue weighted by atomic mass is 32.1. The molecule has 1 fully saturated rings. The fraction of sp³-hybridized carbons (Fsp3) is 0.238. The number of aromatic amines is 1. The zero-order valence-corrected chi connectivity index (χ0v) is 17.9. The Hall–Kier alpha value is -3.50. The van der Waals surface area contributed by atoms with Crippen molar-refractivity contribution in [2.75, 3.05) is 48.8 Å². The van der Waals surface area contributed by atoms with E-state index in [2.05, 4.69) is 58.7 Å². The van der Waals surface area contributed by atoms with Crippen LogP contribution in [0.3, 0.4) is 0 Å². The second kappa shape index (κ2) is 8.70. The van der Waals surface area contributed by atoms with Gasteiger partial charge in [0, 0.05) is 37.9 Å². The standard InChI is InChI=1S/C21H23N9S/c1-29-9-11-30(12-10-29)21-25-19(22-15-6-3-2-4-7-15)24-20(26-21)23-18-14-16(27-28-18)17-8-5-13-31-17/h2-8,13-14H,9-12H2,1H3,(H3,22,23,24,25,26,27,28). The Labute approximate surface area is 184 Å². The number of hydrogen-bond acceptors (Lipinski definition) is 9. The van der Waals surface area contributed by atoms with Crippen LogP contribution in [0.1, 0.15) is 0 Å². The minimum Gasteiger partial charge on any atom is -0.338 e. The number of anilines is 5. The molecule has 1 aliphatic heterocycles. The average molecular weight is 434 g/mol. The zero-order chi connectivity index (χ0) is 21.0. The quantitative estimate of drug-likeness (QED) is 0.425. The Morgan fingerprint density at radius 2 is 1.68 bits per heavy atom. The molecular formula is C21H23N9S. The van der Waals surface area contributed by atoms with Crippen molar-refractivity contribution in [2.24, 2.45) is 0 Å². The molecule has 0 atom stereocenters. The second-order valence-electron chi connectivity index (χ2n) is 7.33. The highest BCUT2D eigenvalue weighted by Crippen LogP contribution is 2.26. The number of hydrogen-bond donors (Lipinski definition) is 3. The molecular weight excluding hydrogens is 410 g/mol. The second-order valence-corrected chi connectivity index (χ2v) is 8.28. The Bertz CT molecular complexity index is 1120. The lowest BCUT2D eigenvalue weighted by atomic mass is 10.3. The molecule has 10 heteroatoms. The Balaban J connectivity index is 1.42. The van der Waals surface area contributed by atoms with Crippen LogP contribution in [-0.4, -0.2) is 63.3 Å². The van der Waals surface area contributed by atoms with Crippen molar-refractivity contribution < 1.29 is 0 Å². The number of nitrogens with zero attached hydrogens (tertiary/aromatic N) is 6. The molecule has 0 amide bonds. The van der Waals surface area contributed by atoms with Gasteiger partial charge in [0.1, 0.15) is 0 Å². The van der Waals surface area contributed by atoms with Gasteiger partial charge in [0.05, 0.1) is 10.6 Å². The van der Waals surface area contributed by atoms with E-state index in [0.717, 1.165) is 42.4 Å². The molecule has 0 unspecified atom stereocenters. The van der Waals surface area contributed by atoms with Gasteiger partial charge in [-0.15, -0.1) is 11.3 Å². The summed E-state index contributed by atoms with van der Waals surface area (Å²) in [5.41, 5.74) is 1.87. The first-order chi connectivity index (χ1) is 15.2. The van der Waals surface area contributed by atoms with E-state index in [9.17, 15) is 0 Å². The predicted octanol–water partition coefficient (Wildman–Crippen LogP) is 3.56. The third kappa shape index (κ3) is 4.65. The van der Waals surface area contributed by atoms with E-state index >= 15 is 0 Å². The molecule has 4 aromatic rings. The van der Waals surface area contributed by atoms with Crippen LogP contribution in [-0.2, 0) is 0 Å². The first kappa shape index (κ1) is 19.5. The van der Waals surface area contributed by atoms with Gasteiger partial charge in [-0.05, 0) is 30.6 Å². The third-order valence-corrected chi connectivity index (χ3v) is 5.95. The molecule has 0 bridgehead atoms. The summed E-state index contributed by atoms with van der Waals surface area (Å²) in [5, 5.41) is 16.0. The van der Waals surface area contributed by atoms with Crippen molar-refractivity contribution in [3.8, 4) is 10.6 Å². The van der Waals surface area contributed by atoms with Crippen LogP contribution in [0, 0.1) is 0 Å². The maximum atomic E-state index is 4.67. The molecule has 3 aromatic heterocycles. The molecule has 5 rings (SSSR count). The zero-order valence-electron chi connectivity index (χ0n) is 17.1. The molecule has 4 heterocycles. The number of para-hydroxylation sites is 1. The molecule has 158 valence electrons. The number of nitrogens with one attached hydrogen (secondary N) is 3. The van der Waals surface area contributed by atoms with E-state index in [4.69, 9.17) is 0 Å². The summed E-state index contributed by atoms with van der Waals surface area (Å²) in [6, 6.07) is 15.9. The van der Waals surface area contributed by atoms with Crippen LogP contribution < -0.4 is 15.5 Å². The number of H-pyrrole nitrogens is 1. The normalized spacial score (nSPS) is 14.5. The summed E-state index contributed by atoms with van der Waals surface area (Å²) in [7, 11) is 2.13. The number of likely N-dealkylation sites (N-methyl/N-ethyl adjacent to an activating group) is 1. The fourth-order valence-corrected chi connectivity index (χ4v) is 4.03. The molecule has 0 aliphatic carbocycles. The lowest BCUT2D eigenvalue weighted by molar-refractivity contribution is 0.311. The molecule has 31 heavy (non-hydrogen) atoms. The summed E-state index contributed by atoms with van der Waals surface area (Å²) < 4.78 is 0.